The van der Waals surface area contributed by atoms with Crippen LogP contribution in [0.1, 0.15) is 45.4 Å². The Morgan fingerprint density at radius 3 is 2.40 bits per heavy atom. The quantitative estimate of drug-likeness (QED) is 0.583. The van der Waals surface area contributed by atoms with Crippen molar-refractivity contribution in [3.63, 3.8) is 0 Å². The number of nitrogens with zero attached hydrogens (tertiary/aromatic N) is 3. The molecule has 5 rings (SSSR count). The lowest BCUT2D eigenvalue weighted by Gasteiger charge is -2.46. The predicted molar refractivity (Wildman–Crippen MR) is 102 cm³/mol. The summed E-state index contributed by atoms with van der Waals surface area (Å²) in [5.41, 5.74) is -0.612. The van der Waals surface area contributed by atoms with E-state index in [2.05, 4.69) is 0 Å². The van der Waals surface area contributed by atoms with Gasteiger partial charge < -0.3 is 14.5 Å². The van der Waals surface area contributed by atoms with Gasteiger partial charge in [0.25, 0.3) is 11.8 Å². The molecule has 3 atom stereocenters. The van der Waals surface area contributed by atoms with Crippen LogP contribution in [0.3, 0.4) is 0 Å². The number of imide groups is 1. The summed E-state index contributed by atoms with van der Waals surface area (Å²) in [6, 6.07) is 0. The zero-order valence-corrected chi connectivity index (χ0v) is 17.9. The molecule has 0 radical (unpaired) electrons. The molecule has 30 heavy (non-hydrogen) atoms. The molecule has 0 aromatic carbocycles. The molecule has 2 unspecified atom stereocenters. The van der Waals surface area contributed by atoms with Gasteiger partial charge in [-0.15, -0.1) is 5.06 Å². The van der Waals surface area contributed by atoms with E-state index in [0.717, 1.165) is 12.8 Å². The van der Waals surface area contributed by atoms with Gasteiger partial charge in [-0.25, -0.2) is 13.2 Å². The Balaban J connectivity index is 1.20. The molecule has 0 N–H and O–H groups in total. The third-order valence-corrected chi connectivity index (χ3v) is 10.3. The molecule has 5 aliphatic rings. The first-order chi connectivity index (χ1) is 14.2. The molecule has 0 aromatic heterocycles. The number of rotatable bonds is 4. The monoisotopic (exact) mass is 441 g/mol. The fourth-order valence-electron chi connectivity index (χ4n) is 5.56. The molecular weight excluding hydrogens is 414 g/mol. The summed E-state index contributed by atoms with van der Waals surface area (Å²) >= 11 is 0. The summed E-state index contributed by atoms with van der Waals surface area (Å²) in [5.74, 6) is -0.393. The molecular formula is C19H27N3O7S. The van der Waals surface area contributed by atoms with Gasteiger partial charge in [0, 0.05) is 39.0 Å². The minimum absolute atomic E-state index is 0.0502. The van der Waals surface area contributed by atoms with Crippen LogP contribution >= 0.6 is 0 Å². The second kappa shape index (κ2) is 6.64. The van der Waals surface area contributed by atoms with Crippen molar-refractivity contribution in [1.29, 1.82) is 0 Å². The SMILES string of the molecule is CC[C@H]1C2CC21S(=O)(=O)N1CCOC2(CCN(C(=O)ON3C(=O)CCC3=O)CC2)C1. The summed E-state index contributed by atoms with van der Waals surface area (Å²) in [6.07, 6.45) is 2.00. The molecule has 2 aliphatic carbocycles. The number of carbonyl (C=O) groups is 3. The topological polar surface area (TPSA) is 114 Å². The van der Waals surface area contributed by atoms with E-state index in [1.807, 2.05) is 6.92 Å². The molecule has 3 heterocycles. The van der Waals surface area contributed by atoms with E-state index in [1.54, 1.807) is 4.31 Å². The molecule has 5 fully saturated rings. The standard InChI is InChI=1S/C19H27N3O7S/c1-2-13-14-11-19(13,14)30(26,27)21-9-10-28-18(12-21)5-7-20(8-6-18)17(25)29-22-15(23)3-4-16(22)24/h13-14H,2-12H2,1H3/t13-,14?,19?/m0/s1. The highest BCUT2D eigenvalue weighted by atomic mass is 32.2. The van der Waals surface area contributed by atoms with Gasteiger partial charge in [0.2, 0.25) is 10.0 Å². The lowest BCUT2D eigenvalue weighted by molar-refractivity contribution is -0.175. The molecule has 10 nitrogen and oxygen atoms in total. The maximum Gasteiger partial charge on any atom is 0.434 e. The molecule has 0 aromatic rings. The van der Waals surface area contributed by atoms with E-state index in [1.165, 1.54) is 4.90 Å². The zero-order chi connectivity index (χ0) is 21.3. The van der Waals surface area contributed by atoms with E-state index < -0.39 is 38.3 Å². The van der Waals surface area contributed by atoms with E-state index in [4.69, 9.17) is 9.57 Å². The highest BCUT2D eigenvalue weighted by molar-refractivity contribution is 7.91. The molecule has 3 aliphatic heterocycles. The Hall–Kier alpha value is -1.72. The Morgan fingerprint density at radius 1 is 1.17 bits per heavy atom. The van der Waals surface area contributed by atoms with Crippen LogP contribution in [0.5, 0.6) is 0 Å². The second-order valence-corrected chi connectivity index (χ2v) is 11.3. The van der Waals surface area contributed by atoms with Gasteiger partial charge in [0.15, 0.2) is 0 Å². The highest BCUT2D eigenvalue weighted by Crippen LogP contribution is 2.78. The average molecular weight is 442 g/mol. The van der Waals surface area contributed by atoms with Crippen molar-refractivity contribution >= 4 is 27.9 Å². The minimum atomic E-state index is -3.34. The van der Waals surface area contributed by atoms with Gasteiger partial charge >= 0.3 is 6.09 Å². The molecule has 1 spiro atoms. The maximum atomic E-state index is 13.3. The number of hydrogen-bond acceptors (Lipinski definition) is 7. The van der Waals surface area contributed by atoms with Crippen LogP contribution in [-0.2, 0) is 29.2 Å². The van der Waals surface area contributed by atoms with Crippen molar-refractivity contribution in [2.75, 3.05) is 32.8 Å². The third kappa shape index (κ3) is 2.81. The fourth-order valence-corrected chi connectivity index (χ4v) is 8.34. The smallest absolute Gasteiger partial charge is 0.372 e. The van der Waals surface area contributed by atoms with E-state index in [-0.39, 0.29) is 12.8 Å². The Labute approximate surface area is 175 Å². The third-order valence-electron chi connectivity index (χ3n) is 7.59. The second-order valence-electron chi connectivity index (χ2n) is 9.08. The number of likely N-dealkylation sites (tertiary alicyclic amines) is 1. The normalized spacial score (nSPS) is 35.5. The number of piperidine rings is 1. The zero-order valence-electron chi connectivity index (χ0n) is 17.0. The van der Waals surface area contributed by atoms with Gasteiger partial charge in [-0.05, 0) is 31.1 Å². The van der Waals surface area contributed by atoms with Crippen LogP contribution in [0.15, 0.2) is 0 Å². The summed E-state index contributed by atoms with van der Waals surface area (Å²) in [5, 5.41) is 0.545. The van der Waals surface area contributed by atoms with Gasteiger partial charge in [-0.1, -0.05) is 13.3 Å². The maximum absolute atomic E-state index is 13.3. The first-order valence-electron chi connectivity index (χ1n) is 10.7. The van der Waals surface area contributed by atoms with Crippen molar-refractivity contribution in [3.8, 4) is 0 Å². The van der Waals surface area contributed by atoms with Gasteiger partial charge in [0.05, 0.1) is 17.0 Å². The van der Waals surface area contributed by atoms with Crippen LogP contribution in [0, 0.1) is 11.8 Å². The van der Waals surface area contributed by atoms with E-state index >= 15 is 0 Å². The van der Waals surface area contributed by atoms with Gasteiger partial charge in [0.1, 0.15) is 0 Å². The Kier molecular flexibility index (Phi) is 4.47. The van der Waals surface area contributed by atoms with Crippen LogP contribution in [0.25, 0.3) is 0 Å². The van der Waals surface area contributed by atoms with Crippen molar-refractivity contribution in [2.24, 2.45) is 11.8 Å². The number of sulfonamides is 1. The van der Waals surface area contributed by atoms with Crippen LogP contribution < -0.4 is 0 Å². The number of hydroxylamine groups is 2. The molecule has 166 valence electrons. The van der Waals surface area contributed by atoms with Crippen molar-refractivity contribution in [3.05, 3.63) is 0 Å². The van der Waals surface area contributed by atoms with Gasteiger partial charge in [-0.2, -0.15) is 4.31 Å². The first kappa shape index (κ1) is 20.2. The van der Waals surface area contributed by atoms with Crippen molar-refractivity contribution in [1.82, 2.24) is 14.3 Å². The largest absolute Gasteiger partial charge is 0.434 e. The summed E-state index contributed by atoms with van der Waals surface area (Å²) in [7, 11) is -3.34. The molecule has 3 amide bonds. The number of ether oxygens (including phenoxy) is 1. The van der Waals surface area contributed by atoms with Crippen molar-refractivity contribution < 1.29 is 32.4 Å². The Bertz CT molecular complexity index is 882. The van der Waals surface area contributed by atoms with E-state index in [9.17, 15) is 22.8 Å². The number of morpholine rings is 1. The average Bonchev–Trinajstić information content (AvgIpc) is 3.58. The summed E-state index contributed by atoms with van der Waals surface area (Å²) in [6.45, 7) is 3.71. The van der Waals surface area contributed by atoms with E-state index in [0.29, 0.717) is 62.5 Å². The van der Waals surface area contributed by atoms with Crippen molar-refractivity contribution in [2.45, 2.75) is 55.8 Å². The van der Waals surface area contributed by atoms with Crippen LogP contribution in [0.4, 0.5) is 4.79 Å². The number of fused-ring (bicyclic) bond motifs is 1. The lowest BCUT2D eigenvalue weighted by Crippen LogP contribution is -2.59. The predicted octanol–water partition coefficient (Wildman–Crippen LogP) is 0.482. The Morgan fingerprint density at radius 2 is 1.83 bits per heavy atom. The highest BCUT2D eigenvalue weighted by Gasteiger charge is 2.85. The van der Waals surface area contributed by atoms with Crippen LogP contribution in [-0.4, -0.2) is 83.7 Å². The molecule has 3 saturated heterocycles. The number of hydrogen-bond donors (Lipinski definition) is 0. The summed E-state index contributed by atoms with van der Waals surface area (Å²) in [4.78, 5) is 42.1. The number of amides is 3. The molecule has 0 bridgehead atoms. The molecule has 11 heteroatoms. The fraction of sp³-hybridized carbons (Fsp3) is 0.842. The minimum Gasteiger partial charge on any atom is -0.372 e. The molecule has 2 saturated carbocycles. The first-order valence-corrected chi connectivity index (χ1v) is 12.1. The summed E-state index contributed by atoms with van der Waals surface area (Å²) < 4.78 is 33.6. The number of carbonyl (C=O) groups excluding carboxylic acids is 3. The van der Waals surface area contributed by atoms with Crippen LogP contribution in [0.2, 0.25) is 0 Å². The van der Waals surface area contributed by atoms with Gasteiger partial charge in [-0.3, -0.25) is 9.59 Å². The lowest BCUT2D eigenvalue weighted by atomic mass is 9.90.